The van der Waals surface area contributed by atoms with Crippen molar-refractivity contribution in [1.82, 2.24) is 34.8 Å². The largest absolute Gasteiger partial charge is 0.391 e. The molecule has 1 aliphatic heterocycles. The van der Waals surface area contributed by atoms with E-state index in [4.69, 9.17) is 0 Å². The van der Waals surface area contributed by atoms with Crippen LogP contribution in [0.1, 0.15) is 21.9 Å². The van der Waals surface area contributed by atoms with Crippen molar-refractivity contribution in [3.8, 4) is 5.82 Å². The number of β-amino-alcohol motifs (C(OH)–C–C–N with tert-alkyl or cyclic N) is 1. The second-order valence-electron chi connectivity index (χ2n) is 6.53. The van der Waals surface area contributed by atoms with Crippen LogP contribution in [0.3, 0.4) is 0 Å². The number of aliphatic hydroxyl groups is 1. The third-order valence-electron chi connectivity index (χ3n) is 4.56. The van der Waals surface area contributed by atoms with Crippen LogP contribution in [0.25, 0.3) is 5.82 Å². The Labute approximate surface area is 149 Å². The highest BCUT2D eigenvalue weighted by Gasteiger charge is 2.35. The Hall–Kier alpha value is -3.07. The third kappa shape index (κ3) is 3.21. The highest BCUT2D eigenvalue weighted by molar-refractivity contribution is 5.92. The predicted molar refractivity (Wildman–Crippen MR) is 91.6 cm³/mol. The number of carbonyl (C=O) groups excluding carboxylic acids is 1. The van der Waals surface area contributed by atoms with E-state index in [2.05, 4.69) is 25.4 Å². The van der Waals surface area contributed by atoms with Crippen LogP contribution in [0, 0.1) is 12.8 Å². The van der Waals surface area contributed by atoms with Gasteiger partial charge in [-0.3, -0.25) is 14.5 Å². The van der Waals surface area contributed by atoms with Gasteiger partial charge in [0.05, 0.1) is 11.8 Å². The lowest BCUT2D eigenvalue weighted by Gasteiger charge is -2.15. The van der Waals surface area contributed by atoms with Crippen LogP contribution in [0.15, 0.2) is 36.9 Å². The number of aromatic amines is 1. The fourth-order valence-corrected chi connectivity index (χ4v) is 3.24. The number of aliphatic hydroxyl groups excluding tert-OH is 1. The molecule has 0 saturated carbocycles. The highest BCUT2D eigenvalue weighted by atomic mass is 16.3. The number of hydrogen-bond donors (Lipinski definition) is 2. The SMILES string of the molecule is Cc1cc(C[C@@H]2CN(C(=O)c3cccc(-n4cnnc4)n3)C[C@H]2O)n[nH]1. The van der Waals surface area contributed by atoms with E-state index in [1.807, 2.05) is 13.0 Å². The average molecular weight is 353 g/mol. The van der Waals surface area contributed by atoms with Crippen molar-refractivity contribution in [2.24, 2.45) is 5.92 Å². The van der Waals surface area contributed by atoms with Crippen molar-refractivity contribution >= 4 is 5.91 Å². The molecule has 0 spiro atoms. The Bertz CT molecular complexity index is 905. The van der Waals surface area contributed by atoms with E-state index in [-0.39, 0.29) is 11.8 Å². The van der Waals surface area contributed by atoms with E-state index >= 15 is 0 Å². The van der Waals surface area contributed by atoms with E-state index in [0.29, 0.717) is 31.0 Å². The second kappa shape index (κ2) is 6.68. The van der Waals surface area contributed by atoms with Crippen molar-refractivity contribution in [2.45, 2.75) is 19.4 Å². The fourth-order valence-electron chi connectivity index (χ4n) is 3.24. The molecule has 4 heterocycles. The molecule has 1 fully saturated rings. The van der Waals surface area contributed by atoms with Crippen LogP contribution >= 0.6 is 0 Å². The zero-order chi connectivity index (χ0) is 18.1. The average Bonchev–Trinajstić information content (AvgIpc) is 3.38. The third-order valence-corrected chi connectivity index (χ3v) is 4.56. The quantitative estimate of drug-likeness (QED) is 0.701. The molecule has 2 atom stereocenters. The summed E-state index contributed by atoms with van der Waals surface area (Å²) in [6.07, 6.45) is 3.11. The molecule has 2 N–H and O–H groups in total. The molecule has 9 heteroatoms. The Balaban J connectivity index is 1.48. The highest BCUT2D eigenvalue weighted by Crippen LogP contribution is 2.22. The molecule has 0 aromatic carbocycles. The van der Waals surface area contributed by atoms with E-state index in [9.17, 15) is 9.90 Å². The van der Waals surface area contributed by atoms with E-state index < -0.39 is 6.10 Å². The topological polar surface area (TPSA) is 113 Å². The summed E-state index contributed by atoms with van der Waals surface area (Å²) in [6, 6.07) is 7.18. The van der Waals surface area contributed by atoms with Crippen molar-refractivity contribution in [2.75, 3.05) is 13.1 Å². The molecule has 134 valence electrons. The molecule has 26 heavy (non-hydrogen) atoms. The van der Waals surface area contributed by atoms with E-state index in [0.717, 1.165) is 11.4 Å². The van der Waals surface area contributed by atoms with Crippen LogP contribution in [-0.2, 0) is 6.42 Å². The zero-order valence-corrected chi connectivity index (χ0v) is 14.3. The van der Waals surface area contributed by atoms with Gasteiger partial charge in [-0.2, -0.15) is 5.10 Å². The maximum atomic E-state index is 12.8. The van der Waals surface area contributed by atoms with Gasteiger partial charge in [0.1, 0.15) is 24.2 Å². The molecule has 1 saturated heterocycles. The molecule has 1 aliphatic rings. The summed E-state index contributed by atoms with van der Waals surface area (Å²) < 4.78 is 1.64. The molecule has 0 bridgehead atoms. The monoisotopic (exact) mass is 353 g/mol. The number of nitrogens with zero attached hydrogens (tertiary/aromatic N) is 6. The van der Waals surface area contributed by atoms with Crippen LogP contribution in [0.2, 0.25) is 0 Å². The van der Waals surface area contributed by atoms with Crippen LogP contribution in [0.4, 0.5) is 0 Å². The molecule has 9 nitrogen and oxygen atoms in total. The van der Waals surface area contributed by atoms with Gasteiger partial charge < -0.3 is 10.0 Å². The minimum absolute atomic E-state index is 0.0392. The summed E-state index contributed by atoms with van der Waals surface area (Å²) >= 11 is 0. The maximum absolute atomic E-state index is 12.8. The second-order valence-corrected chi connectivity index (χ2v) is 6.53. The van der Waals surface area contributed by atoms with Gasteiger partial charge >= 0.3 is 0 Å². The molecule has 1 amide bonds. The van der Waals surface area contributed by atoms with Gasteiger partial charge in [-0.1, -0.05) is 6.07 Å². The number of rotatable bonds is 4. The summed E-state index contributed by atoms with van der Waals surface area (Å²) in [7, 11) is 0. The standard InChI is InChI=1S/C17H19N7O2/c1-11-5-13(22-21-11)6-12-7-23(8-15(12)25)17(26)14-3-2-4-16(20-14)24-9-18-19-10-24/h2-5,9-10,12,15,25H,6-8H2,1H3,(H,21,22)/t12-,15-/m1/s1. The number of nitrogens with one attached hydrogen (secondary N) is 1. The van der Waals surface area contributed by atoms with Crippen molar-refractivity contribution in [3.63, 3.8) is 0 Å². The fraction of sp³-hybridized carbons (Fsp3) is 0.353. The number of H-pyrrole nitrogens is 1. The number of pyridine rings is 1. The first-order valence-corrected chi connectivity index (χ1v) is 8.40. The number of aryl methyl sites for hydroxylation is 1. The Morgan fingerprint density at radius 3 is 2.85 bits per heavy atom. The number of likely N-dealkylation sites (tertiary alicyclic amines) is 1. The lowest BCUT2D eigenvalue weighted by Crippen LogP contribution is -2.30. The Kier molecular flexibility index (Phi) is 4.21. The number of amides is 1. The summed E-state index contributed by atoms with van der Waals surface area (Å²) in [4.78, 5) is 18.8. The summed E-state index contributed by atoms with van der Waals surface area (Å²) in [5.41, 5.74) is 2.21. The minimum Gasteiger partial charge on any atom is -0.391 e. The Morgan fingerprint density at radius 2 is 2.12 bits per heavy atom. The molecule has 0 unspecified atom stereocenters. The molecular weight excluding hydrogens is 334 g/mol. The smallest absolute Gasteiger partial charge is 0.272 e. The molecule has 3 aromatic heterocycles. The molecule has 0 aliphatic carbocycles. The summed E-state index contributed by atoms with van der Waals surface area (Å²) in [5.74, 6) is 0.339. The van der Waals surface area contributed by atoms with Gasteiger partial charge in [0, 0.05) is 24.7 Å². The van der Waals surface area contributed by atoms with Gasteiger partial charge in [-0.05, 0) is 31.5 Å². The van der Waals surface area contributed by atoms with E-state index in [1.165, 1.54) is 12.7 Å². The Morgan fingerprint density at radius 1 is 1.31 bits per heavy atom. The van der Waals surface area contributed by atoms with Crippen molar-refractivity contribution in [3.05, 3.63) is 54.0 Å². The molecular formula is C17H19N7O2. The lowest BCUT2D eigenvalue weighted by atomic mass is 10.0. The number of carbonyl (C=O) groups is 1. The maximum Gasteiger partial charge on any atom is 0.272 e. The normalized spacial score (nSPS) is 19.8. The van der Waals surface area contributed by atoms with Crippen LogP contribution in [0.5, 0.6) is 0 Å². The lowest BCUT2D eigenvalue weighted by molar-refractivity contribution is 0.0759. The summed E-state index contributed by atoms with van der Waals surface area (Å²) in [5, 5.41) is 25.0. The van der Waals surface area contributed by atoms with Crippen LogP contribution in [-0.4, -0.2) is 65.1 Å². The van der Waals surface area contributed by atoms with Crippen molar-refractivity contribution in [1.29, 1.82) is 0 Å². The number of aromatic nitrogens is 6. The molecule has 4 rings (SSSR count). The summed E-state index contributed by atoms with van der Waals surface area (Å²) in [6.45, 7) is 2.71. The first-order chi connectivity index (χ1) is 12.6. The first-order valence-electron chi connectivity index (χ1n) is 8.40. The molecule has 3 aromatic rings. The van der Waals surface area contributed by atoms with Crippen LogP contribution < -0.4 is 0 Å². The van der Waals surface area contributed by atoms with Gasteiger partial charge in [0.15, 0.2) is 0 Å². The predicted octanol–water partition coefficient (Wildman–Crippen LogP) is 0.369. The molecule has 0 radical (unpaired) electrons. The van der Waals surface area contributed by atoms with Gasteiger partial charge in [-0.25, -0.2) is 4.98 Å². The van der Waals surface area contributed by atoms with Crippen molar-refractivity contribution < 1.29 is 9.90 Å². The van der Waals surface area contributed by atoms with Gasteiger partial charge in [0.25, 0.3) is 5.91 Å². The minimum atomic E-state index is -0.572. The first kappa shape index (κ1) is 16.4. The van der Waals surface area contributed by atoms with Gasteiger partial charge in [-0.15, -0.1) is 10.2 Å². The van der Waals surface area contributed by atoms with Gasteiger partial charge in [0.2, 0.25) is 0 Å². The zero-order valence-electron chi connectivity index (χ0n) is 14.3. The number of hydrogen-bond acceptors (Lipinski definition) is 6. The van der Waals surface area contributed by atoms with E-state index in [1.54, 1.807) is 27.7 Å².